The van der Waals surface area contributed by atoms with Gasteiger partial charge in [0.15, 0.2) is 5.96 Å². The summed E-state index contributed by atoms with van der Waals surface area (Å²) in [5, 5.41) is 10.8. The Morgan fingerprint density at radius 1 is 1.38 bits per heavy atom. The molecule has 0 bridgehead atoms. The SMILES string of the molecule is CN=C(NCCCn1nc2n(c1=O)CCCC2)NC(C)CCS(C)(=O)=O. The van der Waals surface area contributed by atoms with Crippen molar-refractivity contribution < 1.29 is 8.42 Å². The molecule has 2 rings (SSSR count). The third-order valence-corrected chi connectivity index (χ3v) is 5.38. The molecule has 1 aromatic heterocycles. The molecule has 0 saturated carbocycles. The summed E-state index contributed by atoms with van der Waals surface area (Å²) in [4.78, 5) is 16.4. The number of guanidine groups is 1. The molecule has 2 heterocycles. The standard InChI is InChI=1S/C16H30N6O3S/c1-13(8-12-26(3,24)25)19-15(17-2)18-9-6-11-22-16(23)21-10-5-4-7-14(21)20-22/h13H,4-12H2,1-3H3,(H2,17,18,19). The average molecular weight is 387 g/mol. The second-order valence-electron chi connectivity index (χ2n) is 6.85. The van der Waals surface area contributed by atoms with E-state index in [0.717, 1.165) is 38.1 Å². The van der Waals surface area contributed by atoms with Crippen LogP contribution < -0.4 is 16.3 Å². The molecule has 148 valence electrons. The molecule has 26 heavy (non-hydrogen) atoms. The number of nitrogens with zero attached hydrogens (tertiary/aromatic N) is 4. The molecule has 0 radical (unpaired) electrons. The molecule has 0 amide bonds. The first-order valence-corrected chi connectivity index (χ1v) is 11.2. The second-order valence-corrected chi connectivity index (χ2v) is 9.11. The van der Waals surface area contributed by atoms with Crippen molar-refractivity contribution in [1.29, 1.82) is 0 Å². The molecule has 9 nitrogen and oxygen atoms in total. The third kappa shape index (κ3) is 6.15. The summed E-state index contributed by atoms with van der Waals surface area (Å²) in [7, 11) is -1.29. The van der Waals surface area contributed by atoms with Crippen LogP contribution in [0, 0.1) is 0 Å². The van der Waals surface area contributed by atoms with Crippen LogP contribution in [0.15, 0.2) is 9.79 Å². The quantitative estimate of drug-likeness (QED) is 0.362. The fourth-order valence-electron chi connectivity index (χ4n) is 2.92. The minimum Gasteiger partial charge on any atom is -0.356 e. The van der Waals surface area contributed by atoms with E-state index < -0.39 is 9.84 Å². The van der Waals surface area contributed by atoms with E-state index in [2.05, 4.69) is 20.7 Å². The molecule has 0 saturated heterocycles. The van der Waals surface area contributed by atoms with Gasteiger partial charge in [-0.05, 0) is 32.6 Å². The Morgan fingerprint density at radius 2 is 2.15 bits per heavy atom. The van der Waals surface area contributed by atoms with Crippen molar-refractivity contribution in [3.05, 3.63) is 16.3 Å². The van der Waals surface area contributed by atoms with E-state index in [4.69, 9.17) is 0 Å². The van der Waals surface area contributed by atoms with Crippen LogP contribution in [0.2, 0.25) is 0 Å². The summed E-state index contributed by atoms with van der Waals surface area (Å²) in [6, 6.07) is -0.00147. The predicted octanol–water partition coefficient (Wildman–Crippen LogP) is -0.241. The molecule has 0 fully saturated rings. The number of aryl methyl sites for hydroxylation is 2. The van der Waals surface area contributed by atoms with Crippen molar-refractivity contribution in [2.24, 2.45) is 4.99 Å². The minimum atomic E-state index is -2.96. The molecular weight excluding hydrogens is 356 g/mol. The van der Waals surface area contributed by atoms with Crippen molar-refractivity contribution in [3.63, 3.8) is 0 Å². The normalized spacial score (nSPS) is 16.2. The zero-order valence-corrected chi connectivity index (χ0v) is 16.7. The van der Waals surface area contributed by atoms with Crippen molar-refractivity contribution in [2.75, 3.05) is 25.6 Å². The third-order valence-electron chi connectivity index (χ3n) is 4.40. The lowest BCUT2D eigenvalue weighted by molar-refractivity contribution is 0.508. The molecule has 0 aliphatic carbocycles. The average Bonchev–Trinajstić information content (AvgIpc) is 2.91. The molecule has 1 aliphatic rings. The Balaban J connectivity index is 1.74. The minimum absolute atomic E-state index is 0.00147. The lowest BCUT2D eigenvalue weighted by Crippen LogP contribution is -2.43. The molecule has 10 heteroatoms. The van der Waals surface area contributed by atoms with Crippen LogP contribution in [0.1, 0.15) is 38.4 Å². The number of nitrogens with one attached hydrogen (secondary N) is 2. The Hall–Kier alpha value is -1.84. The highest BCUT2D eigenvalue weighted by atomic mass is 32.2. The van der Waals surface area contributed by atoms with Gasteiger partial charge in [0.1, 0.15) is 15.7 Å². The number of sulfone groups is 1. The van der Waals surface area contributed by atoms with Gasteiger partial charge in [-0.15, -0.1) is 0 Å². The van der Waals surface area contributed by atoms with Gasteiger partial charge in [0, 0.05) is 45.4 Å². The second kappa shape index (κ2) is 9.20. The number of rotatable bonds is 8. The number of aromatic nitrogens is 3. The Bertz CT molecular complexity index is 780. The summed E-state index contributed by atoms with van der Waals surface area (Å²) >= 11 is 0. The molecule has 1 aliphatic heterocycles. The van der Waals surface area contributed by atoms with Gasteiger partial charge in [-0.1, -0.05) is 0 Å². The van der Waals surface area contributed by atoms with Crippen molar-refractivity contribution in [1.82, 2.24) is 25.0 Å². The smallest absolute Gasteiger partial charge is 0.345 e. The van der Waals surface area contributed by atoms with E-state index in [0.29, 0.717) is 25.5 Å². The van der Waals surface area contributed by atoms with Gasteiger partial charge in [0.2, 0.25) is 0 Å². The summed E-state index contributed by atoms with van der Waals surface area (Å²) in [5.74, 6) is 1.67. The Kier molecular flexibility index (Phi) is 7.24. The van der Waals surface area contributed by atoms with E-state index >= 15 is 0 Å². The largest absolute Gasteiger partial charge is 0.356 e. The maximum absolute atomic E-state index is 12.3. The van der Waals surface area contributed by atoms with Gasteiger partial charge >= 0.3 is 5.69 Å². The lowest BCUT2D eigenvalue weighted by Gasteiger charge is -2.17. The van der Waals surface area contributed by atoms with E-state index in [1.54, 1.807) is 16.3 Å². The molecule has 0 aromatic carbocycles. The van der Waals surface area contributed by atoms with Gasteiger partial charge in [-0.3, -0.25) is 9.56 Å². The molecule has 1 aromatic rings. The molecule has 1 unspecified atom stereocenters. The highest BCUT2D eigenvalue weighted by Gasteiger charge is 2.16. The maximum Gasteiger partial charge on any atom is 0.345 e. The summed E-state index contributed by atoms with van der Waals surface area (Å²) in [6.07, 6.45) is 5.52. The van der Waals surface area contributed by atoms with Crippen molar-refractivity contribution in [2.45, 2.75) is 58.2 Å². The van der Waals surface area contributed by atoms with Gasteiger partial charge < -0.3 is 10.6 Å². The lowest BCUT2D eigenvalue weighted by atomic mass is 10.2. The van der Waals surface area contributed by atoms with Crippen LogP contribution in [-0.2, 0) is 29.3 Å². The maximum atomic E-state index is 12.3. The Morgan fingerprint density at radius 3 is 2.81 bits per heavy atom. The van der Waals surface area contributed by atoms with Crippen LogP contribution in [0.3, 0.4) is 0 Å². The van der Waals surface area contributed by atoms with Gasteiger partial charge in [0.25, 0.3) is 0 Å². The monoisotopic (exact) mass is 386 g/mol. The predicted molar refractivity (Wildman–Crippen MR) is 102 cm³/mol. The number of aliphatic imine (C=N–C) groups is 1. The highest BCUT2D eigenvalue weighted by molar-refractivity contribution is 7.90. The zero-order valence-electron chi connectivity index (χ0n) is 15.9. The van der Waals surface area contributed by atoms with E-state index in [-0.39, 0.29) is 17.5 Å². The zero-order chi connectivity index (χ0) is 19.2. The first-order chi connectivity index (χ1) is 12.3. The van der Waals surface area contributed by atoms with Crippen molar-refractivity contribution in [3.8, 4) is 0 Å². The fourth-order valence-corrected chi connectivity index (χ4v) is 3.70. The summed E-state index contributed by atoms with van der Waals surface area (Å²) in [6.45, 7) is 3.90. The van der Waals surface area contributed by atoms with E-state index in [1.807, 2.05) is 6.92 Å². The van der Waals surface area contributed by atoms with Gasteiger partial charge in [0.05, 0.1) is 5.75 Å². The van der Waals surface area contributed by atoms with Crippen LogP contribution in [0.4, 0.5) is 0 Å². The fraction of sp³-hybridized carbons (Fsp3) is 0.812. The van der Waals surface area contributed by atoms with Crippen LogP contribution in [0.5, 0.6) is 0 Å². The first kappa shape index (κ1) is 20.5. The van der Waals surface area contributed by atoms with Crippen LogP contribution in [-0.4, -0.2) is 60.4 Å². The van der Waals surface area contributed by atoms with E-state index in [1.165, 1.54) is 6.26 Å². The highest BCUT2D eigenvalue weighted by Crippen LogP contribution is 2.09. The van der Waals surface area contributed by atoms with Gasteiger partial charge in [-0.25, -0.2) is 17.9 Å². The Labute approximate surface area is 154 Å². The number of fused-ring (bicyclic) bond motifs is 1. The van der Waals surface area contributed by atoms with E-state index in [9.17, 15) is 13.2 Å². The topological polar surface area (TPSA) is 110 Å². The van der Waals surface area contributed by atoms with Crippen LogP contribution >= 0.6 is 0 Å². The molecule has 2 N–H and O–H groups in total. The number of hydrogen-bond acceptors (Lipinski definition) is 5. The molecule has 1 atom stereocenters. The molecular formula is C16H30N6O3S. The summed E-state index contributed by atoms with van der Waals surface area (Å²) < 4.78 is 25.8. The first-order valence-electron chi connectivity index (χ1n) is 9.11. The summed E-state index contributed by atoms with van der Waals surface area (Å²) in [5.41, 5.74) is -0.0170. The molecule has 0 spiro atoms. The number of hydrogen-bond donors (Lipinski definition) is 2. The van der Waals surface area contributed by atoms with Gasteiger partial charge in [-0.2, -0.15) is 5.10 Å². The van der Waals surface area contributed by atoms with Crippen LogP contribution in [0.25, 0.3) is 0 Å². The van der Waals surface area contributed by atoms with Crippen molar-refractivity contribution >= 4 is 15.8 Å².